The highest BCUT2D eigenvalue weighted by molar-refractivity contribution is 7.13. The summed E-state index contributed by atoms with van der Waals surface area (Å²) < 4.78 is 43.2. The van der Waals surface area contributed by atoms with Crippen LogP contribution in [-0.4, -0.2) is 11.1 Å². The molecular weight excluding hydrogens is 367 g/mol. The van der Waals surface area contributed by atoms with Crippen LogP contribution in [0.1, 0.15) is 27.0 Å². The average molecular weight is 381 g/mol. The number of anilines is 1. The number of nitrogens with zero attached hydrogens (tertiary/aromatic N) is 1. The summed E-state index contributed by atoms with van der Waals surface area (Å²) in [6.45, 7) is 1.78. The Kier molecular flexibility index (Phi) is 4.73. The molecule has 5 nitrogen and oxygen atoms in total. The van der Waals surface area contributed by atoms with Gasteiger partial charge in [-0.3, -0.25) is 4.79 Å². The average Bonchev–Trinajstić information content (AvgIpc) is 3.17. The van der Waals surface area contributed by atoms with Gasteiger partial charge in [-0.25, -0.2) is 0 Å². The van der Waals surface area contributed by atoms with Gasteiger partial charge in [0.05, 0.1) is 10.4 Å². The van der Waals surface area contributed by atoms with Gasteiger partial charge in [0, 0.05) is 6.54 Å². The molecule has 0 aliphatic heterocycles. The summed E-state index contributed by atoms with van der Waals surface area (Å²) in [6, 6.07) is 6.62. The smallest absolute Gasteiger partial charge is 0.367 e. The summed E-state index contributed by atoms with van der Waals surface area (Å²) in [6.07, 6.45) is -4.44. The van der Waals surface area contributed by atoms with E-state index >= 15 is 0 Å². The second-order valence-corrected chi connectivity index (χ2v) is 6.50. The fourth-order valence-electron chi connectivity index (χ4n) is 2.42. The van der Waals surface area contributed by atoms with E-state index in [1.54, 1.807) is 0 Å². The van der Waals surface area contributed by atoms with Crippen molar-refractivity contribution in [3.63, 3.8) is 0 Å². The molecule has 0 radical (unpaired) electrons. The first-order valence-electron chi connectivity index (χ1n) is 7.51. The number of thiophene rings is 1. The molecule has 3 aromatic rings. The standard InChI is InChI=1S/C17H14F3N3O2S/c1-9-5-6-26-14(9)13-12(15(21)25-23-13)16(24)22-8-10-3-2-4-11(7-10)17(18,19)20/h2-7H,8,21H2,1H3,(H,22,24). The maximum atomic E-state index is 12.8. The van der Waals surface area contributed by atoms with Crippen molar-refractivity contribution in [2.75, 3.05) is 5.73 Å². The molecule has 1 aromatic carbocycles. The Morgan fingerprint density at radius 3 is 2.77 bits per heavy atom. The van der Waals surface area contributed by atoms with E-state index in [9.17, 15) is 18.0 Å². The summed E-state index contributed by atoms with van der Waals surface area (Å²) in [5.41, 5.74) is 6.56. The van der Waals surface area contributed by atoms with Gasteiger partial charge in [-0.05, 0) is 41.6 Å². The molecule has 0 unspecified atom stereocenters. The van der Waals surface area contributed by atoms with Gasteiger partial charge in [0.15, 0.2) is 0 Å². The summed E-state index contributed by atoms with van der Waals surface area (Å²) in [7, 11) is 0. The topological polar surface area (TPSA) is 81.2 Å². The van der Waals surface area contributed by atoms with Crippen LogP contribution in [0.5, 0.6) is 0 Å². The summed E-state index contributed by atoms with van der Waals surface area (Å²) in [5.74, 6) is -0.710. The maximum Gasteiger partial charge on any atom is 0.416 e. The fraction of sp³-hybridized carbons (Fsp3) is 0.176. The molecule has 0 saturated carbocycles. The summed E-state index contributed by atoms with van der Waals surface area (Å²) in [4.78, 5) is 13.2. The zero-order valence-corrected chi connectivity index (χ0v) is 14.4. The van der Waals surface area contributed by atoms with Gasteiger partial charge < -0.3 is 15.6 Å². The molecule has 2 heterocycles. The number of nitrogen functional groups attached to an aromatic ring is 1. The number of nitrogens with two attached hydrogens (primary N) is 1. The van der Waals surface area contributed by atoms with Crippen molar-refractivity contribution in [1.29, 1.82) is 0 Å². The van der Waals surface area contributed by atoms with Crippen molar-refractivity contribution in [3.05, 3.63) is 58.0 Å². The maximum absolute atomic E-state index is 12.8. The van der Waals surface area contributed by atoms with Crippen LogP contribution >= 0.6 is 11.3 Å². The van der Waals surface area contributed by atoms with Crippen molar-refractivity contribution in [2.24, 2.45) is 0 Å². The largest absolute Gasteiger partial charge is 0.416 e. The van der Waals surface area contributed by atoms with Gasteiger partial charge >= 0.3 is 6.18 Å². The monoisotopic (exact) mass is 381 g/mol. The number of hydrogen-bond acceptors (Lipinski definition) is 5. The molecule has 0 bridgehead atoms. The van der Waals surface area contributed by atoms with E-state index in [1.165, 1.54) is 23.5 Å². The van der Waals surface area contributed by atoms with Crippen molar-refractivity contribution >= 4 is 23.1 Å². The number of aromatic nitrogens is 1. The minimum absolute atomic E-state index is 0.0718. The second kappa shape index (κ2) is 6.83. The van der Waals surface area contributed by atoms with Gasteiger partial charge in [-0.2, -0.15) is 13.2 Å². The second-order valence-electron chi connectivity index (χ2n) is 5.58. The van der Waals surface area contributed by atoms with Gasteiger partial charge in [-0.1, -0.05) is 17.3 Å². The first-order valence-corrected chi connectivity index (χ1v) is 8.39. The molecule has 0 aliphatic carbocycles. The molecular formula is C17H14F3N3O2S. The number of halogens is 3. The Morgan fingerprint density at radius 1 is 1.35 bits per heavy atom. The number of benzene rings is 1. The van der Waals surface area contributed by atoms with E-state index in [0.29, 0.717) is 11.3 Å². The number of hydrogen-bond donors (Lipinski definition) is 2. The molecule has 0 fully saturated rings. The van der Waals surface area contributed by atoms with Crippen LogP contribution in [0, 0.1) is 6.92 Å². The highest BCUT2D eigenvalue weighted by Crippen LogP contribution is 2.33. The van der Waals surface area contributed by atoms with Crippen LogP contribution in [0.15, 0.2) is 40.2 Å². The molecule has 2 aromatic heterocycles. The van der Waals surface area contributed by atoms with Crippen LogP contribution in [0.2, 0.25) is 0 Å². The van der Waals surface area contributed by atoms with E-state index in [0.717, 1.165) is 22.6 Å². The molecule has 3 rings (SSSR count). The predicted molar refractivity (Wildman–Crippen MR) is 91.6 cm³/mol. The highest BCUT2D eigenvalue weighted by Gasteiger charge is 2.30. The van der Waals surface area contributed by atoms with Gasteiger partial charge in [0.2, 0.25) is 5.88 Å². The lowest BCUT2D eigenvalue weighted by Crippen LogP contribution is -2.24. The predicted octanol–water partition coefficient (Wildman–Crippen LogP) is 4.24. The lowest BCUT2D eigenvalue weighted by Gasteiger charge is -2.09. The number of nitrogens with one attached hydrogen (secondary N) is 1. The Balaban J connectivity index is 1.80. The summed E-state index contributed by atoms with van der Waals surface area (Å²) in [5, 5.41) is 8.25. The summed E-state index contributed by atoms with van der Waals surface area (Å²) >= 11 is 1.38. The molecule has 9 heteroatoms. The van der Waals surface area contributed by atoms with Crippen molar-refractivity contribution in [2.45, 2.75) is 19.6 Å². The number of alkyl halides is 3. The van der Waals surface area contributed by atoms with E-state index in [4.69, 9.17) is 10.3 Å². The van der Waals surface area contributed by atoms with Crippen LogP contribution in [-0.2, 0) is 12.7 Å². The van der Waals surface area contributed by atoms with E-state index < -0.39 is 17.6 Å². The molecule has 136 valence electrons. The highest BCUT2D eigenvalue weighted by atomic mass is 32.1. The molecule has 1 amide bonds. The van der Waals surface area contributed by atoms with Crippen LogP contribution in [0.4, 0.5) is 19.1 Å². The van der Waals surface area contributed by atoms with Crippen LogP contribution in [0.25, 0.3) is 10.6 Å². The van der Waals surface area contributed by atoms with Crippen molar-refractivity contribution < 1.29 is 22.5 Å². The van der Waals surface area contributed by atoms with Crippen LogP contribution in [0.3, 0.4) is 0 Å². The Hall–Kier alpha value is -2.81. The third kappa shape index (κ3) is 3.57. The lowest BCUT2D eigenvalue weighted by molar-refractivity contribution is -0.137. The Morgan fingerprint density at radius 2 is 2.12 bits per heavy atom. The van der Waals surface area contributed by atoms with Crippen molar-refractivity contribution in [3.8, 4) is 10.6 Å². The molecule has 0 aliphatic rings. The Labute approximate surface area is 150 Å². The zero-order chi connectivity index (χ0) is 18.9. The van der Waals surface area contributed by atoms with Crippen LogP contribution < -0.4 is 11.1 Å². The first-order chi connectivity index (χ1) is 12.3. The van der Waals surface area contributed by atoms with E-state index in [-0.39, 0.29) is 18.0 Å². The minimum atomic E-state index is -4.44. The van der Waals surface area contributed by atoms with E-state index in [2.05, 4.69) is 10.5 Å². The molecule has 0 spiro atoms. The first kappa shape index (κ1) is 18.0. The number of rotatable bonds is 4. The third-order valence-electron chi connectivity index (χ3n) is 3.73. The normalized spacial score (nSPS) is 11.5. The van der Waals surface area contributed by atoms with Crippen molar-refractivity contribution in [1.82, 2.24) is 10.5 Å². The molecule has 26 heavy (non-hydrogen) atoms. The van der Waals surface area contributed by atoms with Gasteiger partial charge in [0.1, 0.15) is 11.3 Å². The number of aryl methyl sites for hydroxylation is 1. The lowest BCUT2D eigenvalue weighted by atomic mass is 10.1. The Bertz CT molecular complexity index is 947. The number of carbonyl (C=O) groups is 1. The van der Waals surface area contributed by atoms with Gasteiger partial charge in [-0.15, -0.1) is 11.3 Å². The number of carbonyl (C=O) groups excluding carboxylic acids is 1. The van der Waals surface area contributed by atoms with E-state index in [1.807, 2.05) is 18.4 Å². The molecule has 3 N–H and O–H groups in total. The molecule has 0 atom stereocenters. The SMILES string of the molecule is Cc1ccsc1-c1noc(N)c1C(=O)NCc1cccc(C(F)(F)F)c1. The van der Waals surface area contributed by atoms with Gasteiger partial charge in [0.25, 0.3) is 5.91 Å². The minimum Gasteiger partial charge on any atom is -0.367 e. The third-order valence-corrected chi connectivity index (χ3v) is 4.75. The fourth-order valence-corrected chi connectivity index (χ4v) is 3.33. The molecule has 0 saturated heterocycles. The zero-order valence-electron chi connectivity index (χ0n) is 13.6. The number of amides is 1. The quantitative estimate of drug-likeness (QED) is 0.708.